The zero-order valence-electron chi connectivity index (χ0n) is 26.1. The predicted octanol–water partition coefficient (Wildman–Crippen LogP) is 11.3. The Kier molecular flexibility index (Phi) is 8.96. The van der Waals surface area contributed by atoms with Gasteiger partial charge in [0.25, 0.3) is 0 Å². The number of rotatable bonds is 10. The van der Waals surface area contributed by atoms with Gasteiger partial charge in [-0.3, -0.25) is 0 Å². The number of benzene rings is 2. The Bertz CT molecular complexity index is 1570. The molecule has 0 atom stereocenters. The lowest BCUT2D eigenvalue weighted by atomic mass is 10.0. The van der Waals surface area contributed by atoms with Crippen molar-refractivity contribution in [2.45, 2.75) is 59.3 Å². The van der Waals surface area contributed by atoms with E-state index in [-0.39, 0.29) is 20.9 Å². The molecule has 2 nitrogen and oxygen atoms in total. The van der Waals surface area contributed by atoms with E-state index >= 15 is 26.3 Å². The largest absolute Gasteiger partial charge is 0.380 e. The molecule has 5 rings (SSSR count). The standard InChI is InChI=1S/C35H36F6N2S2/c1-7-42(8-2)25-15-11-23(12-16-25)27-19-21(5)31(44-27)29-30(34(38,39)35(40,41)33(29,36)37)32-22(6)20-28(45-32)24-13-17-26(18-14-24)43(9-3)10-4/h11-20H,7-10H2,1-6H3. The van der Waals surface area contributed by atoms with Crippen molar-refractivity contribution in [2.75, 3.05) is 36.0 Å². The van der Waals surface area contributed by atoms with Crippen LogP contribution in [-0.4, -0.2) is 43.9 Å². The fourth-order valence-corrected chi connectivity index (χ4v) is 8.46. The maximum absolute atomic E-state index is 15.7. The third kappa shape index (κ3) is 5.37. The van der Waals surface area contributed by atoms with Crippen LogP contribution in [0.1, 0.15) is 48.6 Å². The minimum Gasteiger partial charge on any atom is -0.372 e. The SMILES string of the molecule is CCN(CC)c1ccc(-c2cc(C)c(C3=C(c4sc(-c5ccc(N(CC)CC)cc5)cc4C)C(F)(F)C(F)(F)C3(F)F)s2)cc1. The summed E-state index contributed by atoms with van der Waals surface area (Å²) < 4.78 is 93.0. The second kappa shape index (κ2) is 12.2. The topological polar surface area (TPSA) is 6.48 Å². The molecule has 4 aromatic rings. The quantitative estimate of drug-likeness (QED) is 0.156. The lowest BCUT2D eigenvalue weighted by Gasteiger charge is -2.25. The van der Waals surface area contributed by atoms with Gasteiger partial charge in [0.2, 0.25) is 0 Å². The second-order valence-electron chi connectivity index (χ2n) is 11.2. The number of aryl methyl sites for hydroxylation is 2. The molecule has 1 aliphatic rings. The summed E-state index contributed by atoms with van der Waals surface area (Å²) in [7, 11) is 0. The Morgan fingerprint density at radius 2 is 0.844 bits per heavy atom. The Morgan fingerprint density at radius 1 is 0.533 bits per heavy atom. The predicted molar refractivity (Wildman–Crippen MR) is 178 cm³/mol. The van der Waals surface area contributed by atoms with Gasteiger partial charge >= 0.3 is 17.8 Å². The first kappa shape index (κ1) is 33.1. The molecule has 2 aromatic carbocycles. The Morgan fingerprint density at radius 3 is 1.13 bits per heavy atom. The molecule has 0 unspecified atom stereocenters. The number of allylic oxidation sites excluding steroid dienone is 2. The zero-order chi connectivity index (χ0) is 32.9. The molecule has 0 spiro atoms. The normalized spacial score (nSPS) is 16.8. The van der Waals surface area contributed by atoms with E-state index in [1.165, 1.54) is 13.8 Å². The number of halogens is 6. The van der Waals surface area contributed by atoms with Gasteiger partial charge in [-0.15, -0.1) is 22.7 Å². The van der Waals surface area contributed by atoms with Crippen LogP contribution in [0.4, 0.5) is 37.7 Å². The van der Waals surface area contributed by atoms with Crippen molar-refractivity contribution in [2.24, 2.45) is 0 Å². The number of thiophene rings is 2. The van der Waals surface area contributed by atoms with E-state index in [9.17, 15) is 0 Å². The molecule has 0 bridgehead atoms. The van der Waals surface area contributed by atoms with E-state index in [0.717, 1.165) is 60.2 Å². The average Bonchev–Trinajstić information content (AvgIpc) is 3.61. The molecular formula is C35H36F6N2S2. The third-order valence-corrected chi connectivity index (χ3v) is 11.1. The van der Waals surface area contributed by atoms with E-state index < -0.39 is 28.9 Å². The lowest BCUT2D eigenvalue weighted by molar-refractivity contribution is -0.254. The molecule has 0 N–H and O–H groups in total. The summed E-state index contributed by atoms with van der Waals surface area (Å²) in [5, 5.41) is 0. The van der Waals surface area contributed by atoms with E-state index in [4.69, 9.17) is 0 Å². The number of hydrogen-bond donors (Lipinski definition) is 0. The van der Waals surface area contributed by atoms with E-state index in [1.807, 2.05) is 76.2 Å². The molecule has 240 valence electrons. The summed E-state index contributed by atoms with van der Waals surface area (Å²) in [6.07, 6.45) is 0. The van der Waals surface area contributed by atoms with E-state index in [0.29, 0.717) is 20.9 Å². The van der Waals surface area contributed by atoms with Gasteiger partial charge in [0.05, 0.1) is 11.1 Å². The van der Waals surface area contributed by atoms with Gasteiger partial charge in [-0.2, -0.15) is 26.3 Å². The highest BCUT2D eigenvalue weighted by atomic mass is 32.1. The van der Waals surface area contributed by atoms with Crippen LogP contribution in [0.2, 0.25) is 0 Å². The number of hydrogen-bond acceptors (Lipinski definition) is 4. The highest BCUT2D eigenvalue weighted by Gasteiger charge is 2.80. The van der Waals surface area contributed by atoms with Crippen LogP contribution in [0, 0.1) is 13.8 Å². The summed E-state index contributed by atoms with van der Waals surface area (Å²) in [6, 6.07) is 18.1. The van der Waals surface area contributed by atoms with Gasteiger partial charge in [-0.1, -0.05) is 24.3 Å². The maximum Gasteiger partial charge on any atom is 0.380 e. The van der Waals surface area contributed by atoms with Crippen LogP contribution in [0.25, 0.3) is 32.0 Å². The van der Waals surface area contributed by atoms with Gasteiger partial charge in [-0.25, -0.2) is 0 Å². The van der Waals surface area contributed by atoms with Crippen LogP contribution in [0.3, 0.4) is 0 Å². The minimum absolute atomic E-state index is 0.241. The Labute approximate surface area is 268 Å². The first-order chi connectivity index (χ1) is 21.2. The molecule has 0 aliphatic heterocycles. The molecule has 0 amide bonds. The average molecular weight is 663 g/mol. The highest BCUT2D eigenvalue weighted by Crippen LogP contribution is 2.66. The van der Waals surface area contributed by atoms with Crippen LogP contribution < -0.4 is 9.80 Å². The molecule has 0 saturated carbocycles. The summed E-state index contributed by atoms with van der Waals surface area (Å²) in [4.78, 5) is 4.84. The summed E-state index contributed by atoms with van der Waals surface area (Å²) in [6.45, 7) is 14.3. The first-order valence-electron chi connectivity index (χ1n) is 15.0. The second-order valence-corrected chi connectivity index (χ2v) is 13.3. The van der Waals surface area contributed by atoms with Gasteiger partial charge in [0.15, 0.2) is 0 Å². The van der Waals surface area contributed by atoms with Gasteiger partial charge in [-0.05, 0) is 100 Å². The molecule has 0 fully saturated rings. The Balaban J connectivity index is 1.64. The highest BCUT2D eigenvalue weighted by molar-refractivity contribution is 7.18. The maximum atomic E-state index is 15.7. The van der Waals surface area contributed by atoms with E-state index in [2.05, 4.69) is 9.80 Å². The van der Waals surface area contributed by atoms with Crippen molar-refractivity contribution in [1.82, 2.24) is 0 Å². The van der Waals surface area contributed by atoms with Crippen LogP contribution in [0.15, 0.2) is 60.7 Å². The van der Waals surface area contributed by atoms with Crippen LogP contribution >= 0.6 is 22.7 Å². The zero-order valence-corrected chi connectivity index (χ0v) is 27.7. The fourth-order valence-electron chi connectivity index (χ4n) is 5.93. The molecule has 1 aliphatic carbocycles. The molecule has 0 radical (unpaired) electrons. The molecule has 45 heavy (non-hydrogen) atoms. The summed E-state index contributed by atoms with van der Waals surface area (Å²) >= 11 is 1.67. The van der Waals surface area contributed by atoms with Crippen molar-refractivity contribution in [3.05, 3.63) is 81.5 Å². The number of nitrogens with zero attached hydrogens (tertiary/aromatic N) is 2. The van der Waals surface area contributed by atoms with E-state index in [1.54, 1.807) is 12.1 Å². The molecule has 10 heteroatoms. The minimum atomic E-state index is -5.60. The smallest absolute Gasteiger partial charge is 0.372 e. The summed E-state index contributed by atoms with van der Waals surface area (Å²) in [5.41, 5.74) is 1.24. The van der Waals surface area contributed by atoms with Crippen molar-refractivity contribution < 1.29 is 26.3 Å². The molecule has 2 heterocycles. The molecule has 2 aromatic heterocycles. The Hall–Kier alpha value is -3.24. The molecular weight excluding hydrogens is 627 g/mol. The number of anilines is 2. The van der Waals surface area contributed by atoms with Crippen molar-refractivity contribution in [3.63, 3.8) is 0 Å². The fraction of sp³-hybridized carbons (Fsp3) is 0.371. The van der Waals surface area contributed by atoms with Gasteiger partial charge in [0.1, 0.15) is 0 Å². The van der Waals surface area contributed by atoms with Crippen molar-refractivity contribution in [3.8, 4) is 20.9 Å². The monoisotopic (exact) mass is 662 g/mol. The van der Waals surface area contributed by atoms with Crippen molar-refractivity contribution >= 4 is 45.2 Å². The third-order valence-electron chi connectivity index (χ3n) is 8.52. The van der Waals surface area contributed by atoms with Gasteiger partial charge < -0.3 is 9.80 Å². The number of alkyl halides is 6. The van der Waals surface area contributed by atoms with Crippen molar-refractivity contribution in [1.29, 1.82) is 0 Å². The molecule has 0 saturated heterocycles. The van der Waals surface area contributed by atoms with Crippen LogP contribution in [0.5, 0.6) is 0 Å². The van der Waals surface area contributed by atoms with Gasteiger partial charge in [0, 0.05) is 57.1 Å². The lowest BCUT2D eigenvalue weighted by Crippen LogP contribution is -2.48. The summed E-state index contributed by atoms with van der Waals surface area (Å²) in [5.74, 6) is -15.8. The van der Waals surface area contributed by atoms with Crippen LogP contribution in [-0.2, 0) is 0 Å². The first-order valence-corrected chi connectivity index (χ1v) is 16.7.